The van der Waals surface area contributed by atoms with E-state index in [2.05, 4.69) is 20.8 Å². The third-order valence-electron chi connectivity index (χ3n) is 9.89. The third kappa shape index (κ3) is 28.2. The molecule has 2 amide bonds. The molecule has 256 valence electrons. The van der Waals surface area contributed by atoms with E-state index in [9.17, 15) is 9.59 Å². The van der Waals surface area contributed by atoms with Crippen molar-refractivity contribution in [3.05, 3.63) is 0 Å². The molecule has 4 nitrogen and oxygen atoms in total. The molecule has 0 fully saturated rings. The predicted octanol–water partition coefficient (Wildman–Crippen LogP) is 12.0. The van der Waals surface area contributed by atoms with Crippen molar-refractivity contribution in [1.29, 1.82) is 0 Å². The number of hydrogen-bond donors (Lipinski definition) is 2. The first-order chi connectivity index (χ1) is 20.9. The minimum absolute atomic E-state index is 0.114. The van der Waals surface area contributed by atoms with Gasteiger partial charge in [-0.05, 0) is 25.2 Å². The van der Waals surface area contributed by atoms with Crippen molar-refractivity contribution in [3.8, 4) is 0 Å². The van der Waals surface area contributed by atoms with E-state index in [1.807, 2.05) is 0 Å². The molecule has 3 unspecified atom stereocenters. The number of nitrogens with two attached hydrogens (primary N) is 2. The molecule has 0 aliphatic carbocycles. The van der Waals surface area contributed by atoms with Crippen LogP contribution in [0.3, 0.4) is 0 Å². The average Bonchev–Trinajstić information content (AvgIpc) is 2.98. The maximum atomic E-state index is 12.3. The fourth-order valence-corrected chi connectivity index (χ4v) is 6.84. The lowest BCUT2D eigenvalue weighted by Gasteiger charge is -2.24. The summed E-state index contributed by atoms with van der Waals surface area (Å²) in [6.45, 7) is 6.65. The highest BCUT2D eigenvalue weighted by Gasteiger charge is 2.27. The van der Waals surface area contributed by atoms with E-state index in [0.717, 1.165) is 25.7 Å². The SMILES string of the molecule is CCCCCCCCCCCCCCCCC(CC(C)C(CCCCCCCCCCCCCCCC)C(N)=O)C(N)=O. The predicted molar refractivity (Wildman–Crippen MR) is 189 cm³/mol. The van der Waals surface area contributed by atoms with Crippen LogP contribution in [0.2, 0.25) is 0 Å². The molecule has 0 aromatic rings. The zero-order valence-electron chi connectivity index (χ0n) is 29.6. The highest BCUT2D eigenvalue weighted by molar-refractivity contribution is 5.78. The van der Waals surface area contributed by atoms with Crippen molar-refractivity contribution in [3.63, 3.8) is 0 Å². The smallest absolute Gasteiger partial charge is 0.220 e. The number of rotatable bonds is 35. The standard InChI is InChI=1S/C39H78N2O2/c1-4-6-8-10-12-14-16-18-20-22-24-26-28-30-32-36(38(40)42)34-35(3)37(39(41)43)33-31-29-27-25-23-21-19-17-15-13-11-9-7-5-2/h35-37H,4-34H2,1-3H3,(H2,40,42)(H2,41,43). The second-order valence-corrected chi connectivity index (χ2v) is 14.1. The summed E-state index contributed by atoms with van der Waals surface area (Å²) in [5, 5.41) is 0. The first-order valence-corrected chi connectivity index (χ1v) is 19.5. The number of amides is 2. The van der Waals surface area contributed by atoms with E-state index in [0.29, 0.717) is 6.42 Å². The van der Waals surface area contributed by atoms with E-state index in [4.69, 9.17) is 11.5 Å². The Balaban J connectivity index is 3.91. The van der Waals surface area contributed by atoms with Crippen LogP contribution in [-0.2, 0) is 9.59 Å². The summed E-state index contributed by atoms with van der Waals surface area (Å²) in [5.41, 5.74) is 11.6. The Morgan fingerprint density at radius 1 is 0.419 bits per heavy atom. The zero-order valence-corrected chi connectivity index (χ0v) is 29.6. The van der Waals surface area contributed by atoms with Gasteiger partial charge in [0.2, 0.25) is 11.8 Å². The Morgan fingerprint density at radius 2 is 0.698 bits per heavy atom. The first kappa shape index (κ1) is 41.9. The third-order valence-corrected chi connectivity index (χ3v) is 9.89. The van der Waals surface area contributed by atoms with Gasteiger partial charge in [0, 0.05) is 11.8 Å². The Hall–Kier alpha value is -1.06. The monoisotopic (exact) mass is 607 g/mol. The van der Waals surface area contributed by atoms with Gasteiger partial charge < -0.3 is 11.5 Å². The number of carbonyl (C=O) groups is 2. The van der Waals surface area contributed by atoms with Gasteiger partial charge in [-0.3, -0.25) is 9.59 Å². The van der Waals surface area contributed by atoms with Gasteiger partial charge in [0.15, 0.2) is 0 Å². The molecule has 0 aliphatic heterocycles. The molecule has 0 aromatic carbocycles. The zero-order chi connectivity index (χ0) is 31.8. The average molecular weight is 607 g/mol. The van der Waals surface area contributed by atoms with Crippen molar-refractivity contribution in [1.82, 2.24) is 0 Å². The largest absolute Gasteiger partial charge is 0.369 e. The maximum Gasteiger partial charge on any atom is 0.220 e. The lowest BCUT2D eigenvalue weighted by atomic mass is 9.80. The van der Waals surface area contributed by atoms with Crippen LogP contribution in [0.15, 0.2) is 0 Å². The quantitative estimate of drug-likeness (QED) is 0.0703. The maximum absolute atomic E-state index is 12.3. The van der Waals surface area contributed by atoms with Gasteiger partial charge in [-0.1, -0.05) is 201 Å². The summed E-state index contributed by atoms with van der Waals surface area (Å²) in [4.78, 5) is 24.5. The molecule has 0 aliphatic rings. The van der Waals surface area contributed by atoms with E-state index in [1.54, 1.807) is 0 Å². The number of unbranched alkanes of at least 4 members (excludes halogenated alkanes) is 26. The molecule has 4 heteroatoms. The van der Waals surface area contributed by atoms with E-state index >= 15 is 0 Å². The fourth-order valence-electron chi connectivity index (χ4n) is 6.84. The van der Waals surface area contributed by atoms with Crippen molar-refractivity contribution < 1.29 is 9.59 Å². The Kier molecular flexibility index (Phi) is 31.5. The normalized spacial score (nSPS) is 13.7. The summed E-state index contributed by atoms with van der Waals surface area (Å²) < 4.78 is 0. The summed E-state index contributed by atoms with van der Waals surface area (Å²) in [6, 6.07) is 0. The number of primary amides is 2. The Morgan fingerprint density at radius 3 is 0.977 bits per heavy atom. The van der Waals surface area contributed by atoms with Crippen LogP contribution < -0.4 is 11.5 Å². The van der Waals surface area contributed by atoms with Crippen molar-refractivity contribution >= 4 is 11.8 Å². The summed E-state index contributed by atoms with van der Waals surface area (Å²) in [6.07, 6.45) is 39.7. The van der Waals surface area contributed by atoms with Gasteiger partial charge in [0.1, 0.15) is 0 Å². The van der Waals surface area contributed by atoms with Crippen molar-refractivity contribution in [2.45, 2.75) is 220 Å². The van der Waals surface area contributed by atoms with Crippen LogP contribution in [0.1, 0.15) is 220 Å². The van der Waals surface area contributed by atoms with E-state index in [-0.39, 0.29) is 29.6 Å². The molecule has 3 atom stereocenters. The minimum Gasteiger partial charge on any atom is -0.369 e. The van der Waals surface area contributed by atoms with Gasteiger partial charge in [0.25, 0.3) is 0 Å². The van der Waals surface area contributed by atoms with Crippen LogP contribution in [-0.4, -0.2) is 11.8 Å². The van der Waals surface area contributed by atoms with Gasteiger partial charge in [-0.2, -0.15) is 0 Å². The van der Waals surface area contributed by atoms with Gasteiger partial charge >= 0.3 is 0 Å². The van der Waals surface area contributed by atoms with Crippen LogP contribution in [0.5, 0.6) is 0 Å². The topological polar surface area (TPSA) is 86.2 Å². The van der Waals surface area contributed by atoms with Crippen LogP contribution in [0.25, 0.3) is 0 Å². The first-order valence-electron chi connectivity index (χ1n) is 19.5. The van der Waals surface area contributed by atoms with Crippen LogP contribution in [0, 0.1) is 17.8 Å². The minimum atomic E-state index is -0.207. The summed E-state index contributed by atoms with van der Waals surface area (Å²) >= 11 is 0. The molecule has 0 rings (SSSR count). The lowest BCUT2D eigenvalue weighted by molar-refractivity contribution is -0.126. The fraction of sp³-hybridized carbons (Fsp3) is 0.949. The summed E-state index contributed by atoms with van der Waals surface area (Å²) in [7, 11) is 0. The Bertz CT molecular complexity index is 608. The molecule has 0 aromatic heterocycles. The second-order valence-electron chi connectivity index (χ2n) is 14.1. The van der Waals surface area contributed by atoms with Crippen LogP contribution in [0.4, 0.5) is 0 Å². The van der Waals surface area contributed by atoms with Crippen molar-refractivity contribution in [2.24, 2.45) is 29.2 Å². The molecule has 4 N–H and O–H groups in total. The second kappa shape index (κ2) is 32.3. The highest BCUT2D eigenvalue weighted by atomic mass is 16.1. The van der Waals surface area contributed by atoms with E-state index < -0.39 is 0 Å². The number of carbonyl (C=O) groups excluding carboxylic acids is 2. The van der Waals surface area contributed by atoms with E-state index in [1.165, 1.54) is 167 Å². The van der Waals surface area contributed by atoms with Gasteiger partial charge in [-0.25, -0.2) is 0 Å². The lowest BCUT2D eigenvalue weighted by Crippen LogP contribution is -2.32. The molecule has 0 radical (unpaired) electrons. The molecule has 0 saturated heterocycles. The van der Waals surface area contributed by atoms with Gasteiger partial charge in [-0.15, -0.1) is 0 Å². The Labute approximate surface area is 270 Å². The molecular formula is C39H78N2O2. The molecule has 0 bridgehead atoms. The van der Waals surface area contributed by atoms with Crippen LogP contribution >= 0.6 is 0 Å². The molecule has 0 saturated carbocycles. The summed E-state index contributed by atoms with van der Waals surface area (Å²) in [5.74, 6) is -0.576. The number of hydrogen-bond acceptors (Lipinski definition) is 2. The molecule has 0 heterocycles. The molecule has 43 heavy (non-hydrogen) atoms. The highest BCUT2D eigenvalue weighted by Crippen LogP contribution is 2.28. The molecular weight excluding hydrogens is 528 g/mol. The van der Waals surface area contributed by atoms with Crippen molar-refractivity contribution in [2.75, 3.05) is 0 Å². The molecule has 0 spiro atoms. The van der Waals surface area contributed by atoms with Gasteiger partial charge in [0.05, 0.1) is 0 Å².